The molecule has 2 aromatic carbocycles. The minimum atomic E-state index is -0.530. The normalized spacial score (nSPS) is 10.1. The van der Waals surface area contributed by atoms with E-state index in [9.17, 15) is 9.59 Å². The Labute approximate surface area is 161 Å². The minimum Gasteiger partial charge on any atom is -0.450 e. The molecule has 0 bridgehead atoms. The second-order valence-electron chi connectivity index (χ2n) is 5.96. The molecule has 0 unspecified atom stereocenters. The maximum atomic E-state index is 12.3. The van der Waals surface area contributed by atoms with Gasteiger partial charge in [-0.3, -0.25) is 10.1 Å². The Balaban J connectivity index is 1.86. The summed E-state index contributed by atoms with van der Waals surface area (Å²) in [5, 5.41) is 16.1. The van der Waals surface area contributed by atoms with Gasteiger partial charge < -0.3 is 4.74 Å². The standard InChI is InChI=1S/C21H18N4O3/c1-2-28-21(27)23-17-7-3-5-15(11-17)13-19-20(26)9-10-25(24-19)18-8-4-6-16(12-18)14-22/h3-12H,2,13H2,1H3,(H,23,27). The van der Waals surface area contributed by atoms with Gasteiger partial charge in [0.2, 0.25) is 5.43 Å². The van der Waals surface area contributed by atoms with Crippen molar-refractivity contribution in [3.05, 3.63) is 87.8 Å². The Morgan fingerprint density at radius 2 is 2.04 bits per heavy atom. The third-order valence-electron chi connectivity index (χ3n) is 3.94. The summed E-state index contributed by atoms with van der Waals surface area (Å²) < 4.78 is 6.44. The van der Waals surface area contributed by atoms with E-state index in [4.69, 9.17) is 10.00 Å². The number of ether oxygens (including phenoxy) is 1. The largest absolute Gasteiger partial charge is 0.450 e. The molecular weight excluding hydrogens is 356 g/mol. The molecule has 1 amide bonds. The van der Waals surface area contributed by atoms with Gasteiger partial charge in [0.25, 0.3) is 0 Å². The van der Waals surface area contributed by atoms with Gasteiger partial charge in [-0.05, 0) is 42.8 Å². The number of benzene rings is 2. The number of nitrogens with one attached hydrogen (secondary N) is 1. The summed E-state index contributed by atoms with van der Waals surface area (Å²) in [6, 6.07) is 17.7. The number of hydrogen-bond donors (Lipinski definition) is 1. The molecule has 3 rings (SSSR count). The molecule has 0 atom stereocenters. The topological polar surface area (TPSA) is 97.0 Å². The van der Waals surface area contributed by atoms with E-state index < -0.39 is 6.09 Å². The zero-order chi connectivity index (χ0) is 19.9. The highest BCUT2D eigenvalue weighted by atomic mass is 16.5. The predicted octanol–water partition coefficient (Wildman–Crippen LogP) is 3.26. The molecule has 0 spiro atoms. The van der Waals surface area contributed by atoms with Crippen LogP contribution in [0.25, 0.3) is 5.69 Å². The second kappa shape index (κ2) is 8.64. The fourth-order valence-electron chi connectivity index (χ4n) is 2.67. The van der Waals surface area contributed by atoms with Gasteiger partial charge in [0.15, 0.2) is 0 Å². The van der Waals surface area contributed by atoms with Gasteiger partial charge in [-0.1, -0.05) is 18.2 Å². The molecule has 7 heteroatoms. The van der Waals surface area contributed by atoms with Gasteiger partial charge in [-0.2, -0.15) is 10.4 Å². The SMILES string of the molecule is CCOC(=O)Nc1cccc(Cc2nn(-c3cccc(C#N)c3)ccc2=O)c1. The fourth-order valence-corrected chi connectivity index (χ4v) is 2.67. The molecule has 1 heterocycles. The van der Waals surface area contributed by atoms with E-state index in [0.717, 1.165) is 5.56 Å². The number of carbonyl (C=O) groups is 1. The van der Waals surface area contributed by atoms with E-state index >= 15 is 0 Å². The van der Waals surface area contributed by atoms with Gasteiger partial charge in [0, 0.05) is 24.4 Å². The fraction of sp³-hybridized carbons (Fsp3) is 0.143. The molecule has 0 aliphatic carbocycles. The van der Waals surface area contributed by atoms with Gasteiger partial charge in [0.05, 0.1) is 23.9 Å². The lowest BCUT2D eigenvalue weighted by Gasteiger charge is -2.09. The summed E-state index contributed by atoms with van der Waals surface area (Å²) in [5.41, 5.74) is 2.78. The summed E-state index contributed by atoms with van der Waals surface area (Å²) in [5.74, 6) is 0. The highest BCUT2D eigenvalue weighted by molar-refractivity contribution is 5.84. The molecule has 1 aromatic heterocycles. The number of carbonyl (C=O) groups excluding carboxylic acids is 1. The van der Waals surface area contributed by atoms with Crippen LogP contribution >= 0.6 is 0 Å². The molecule has 0 aliphatic rings. The smallest absolute Gasteiger partial charge is 0.411 e. The number of hydrogen-bond acceptors (Lipinski definition) is 5. The molecule has 0 saturated heterocycles. The van der Waals surface area contributed by atoms with Crippen LogP contribution in [0.5, 0.6) is 0 Å². The number of rotatable bonds is 5. The van der Waals surface area contributed by atoms with Gasteiger partial charge in [-0.15, -0.1) is 0 Å². The summed E-state index contributed by atoms with van der Waals surface area (Å²) >= 11 is 0. The van der Waals surface area contributed by atoms with E-state index in [-0.39, 0.29) is 12.0 Å². The minimum absolute atomic E-state index is 0.184. The second-order valence-corrected chi connectivity index (χ2v) is 5.96. The van der Waals surface area contributed by atoms with Crippen LogP contribution in [0.1, 0.15) is 23.7 Å². The summed E-state index contributed by atoms with van der Waals surface area (Å²) in [7, 11) is 0. The van der Waals surface area contributed by atoms with Crippen molar-refractivity contribution in [3.8, 4) is 11.8 Å². The molecule has 7 nitrogen and oxygen atoms in total. The number of amides is 1. The van der Waals surface area contributed by atoms with Gasteiger partial charge >= 0.3 is 6.09 Å². The lowest BCUT2D eigenvalue weighted by molar-refractivity contribution is 0.168. The quantitative estimate of drug-likeness (QED) is 0.739. The molecule has 0 saturated carbocycles. The molecule has 0 radical (unpaired) electrons. The molecule has 0 fully saturated rings. The first-order chi connectivity index (χ1) is 13.6. The van der Waals surface area contributed by atoms with Crippen molar-refractivity contribution < 1.29 is 9.53 Å². The van der Waals surface area contributed by atoms with Crippen molar-refractivity contribution in [2.24, 2.45) is 0 Å². The van der Waals surface area contributed by atoms with Crippen LogP contribution in [0.15, 0.2) is 65.6 Å². The molecule has 140 valence electrons. The van der Waals surface area contributed by atoms with Crippen molar-refractivity contribution in [1.29, 1.82) is 5.26 Å². The Morgan fingerprint density at radius 3 is 2.82 bits per heavy atom. The number of aromatic nitrogens is 2. The maximum Gasteiger partial charge on any atom is 0.411 e. The van der Waals surface area contributed by atoms with E-state index in [2.05, 4.69) is 16.5 Å². The molecule has 0 aliphatic heterocycles. The van der Waals surface area contributed by atoms with Crippen LogP contribution in [-0.2, 0) is 11.2 Å². The van der Waals surface area contributed by atoms with E-state index in [1.54, 1.807) is 54.2 Å². The van der Waals surface area contributed by atoms with Crippen molar-refractivity contribution in [1.82, 2.24) is 9.78 Å². The monoisotopic (exact) mass is 374 g/mol. The average Bonchev–Trinajstić information content (AvgIpc) is 2.70. The van der Waals surface area contributed by atoms with E-state index in [1.807, 2.05) is 12.1 Å². The highest BCUT2D eigenvalue weighted by Gasteiger charge is 2.08. The molecule has 3 aromatic rings. The first kappa shape index (κ1) is 18.9. The Hall–Kier alpha value is -3.92. The third kappa shape index (κ3) is 4.62. The molecule has 1 N–H and O–H groups in total. The maximum absolute atomic E-state index is 12.3. The van der Waals surface area contributed by atoms with Crippen molar-refractivity contribution in [3.63, 3.8) is 0 Å². The highest BCUT2D eigenvalue weighted by Crippen LogP contribution is 2.14. The summed E-state index contributed by atoms with van der Waals surface area (Å²) in [6.45, 7) is 2.01. The zero-order valence-electron chi connectivity index (χ0n) is 15.3. The van der Waals surface area contributed by atoms with E-state index in [0.29, 0.717) is 29.1 Å². The van der Waals surface area contributed by atoms with Gasteiger partial charge in [-0.25, -0.2) is 9.48 Å². The number of nitrogens with zero attached hydrogens (tertiary/aromatic N) is 3. The Kier molecular flexibility index (Phi) is 5.82. The van der Waals surface area contributed by atoms with Crippen LogP contribution in [-0.4, -0.2) is 22.5 Å². The lowest BCUT2D eigenvalue weighted by Crippen LogP contribution is -2.16. The van der Waals surface area contributed by atoms with Crippen LogP contribution in [0, 0.1) is 11.3 Å². The summed E-state index contributed by atoms with van der Waals surface area (Å²) in [6.07, 6.45) is 1.34. The predicted molar refractivity (Wildman–Crippen MR) is 104 cm³/mol. The van der Waals surface area contributed by atoms with Crippen LogP contribution in [0.4, 0.5) is 10.5 Å². The average molecular weight is 374 g/mol. The first-order valence-corrected chi connectivity index (χ1v) is 8.71. The first-order valence-electron chi connectivity index (χ1n) is 8.71. The van der Waals surface area contributed by atoms with Crippen molar-refractivity contribution in [2.45, 2.75) is 13.3 Å². The van der Waals surface area contributed by atoms with Crippen LogP contribution in [0.3, 0.4) is 0 Å². The Morgan fingerprint density at radius 1 is 1.21 bits per heavy atom. The van der Waals surface area contributed by atoms with E-state index in [1.165, 1.54) is 6.07 Å². The van der Waals surface area contributed by atoms with Crippen molar-refractivity contribution in [2.75, 3.05) is 11.9 Å². The van der Waals surface area contributed by atoms with Crippen LogP contribution in [0.2, 0.25) is 0 Å². The zero-order valence-corrected chi connectivity index (χ0v) is 15.3. The molecule has 28 heavy (non-hydrogen) atoms. The molecular formula is C21H18N4O3. The van der Waals surface area contributed by atoms with Gasteiger partial charge in [0.1, 0.15) is 5.69 Å². The van der Waals surface area contributed by atoms with Crippen LogP contribution < -0.4 is 10.7 Å². The lowest BCUT2D eigenvalue weighted by atomic mass is 10.1. The number of anilines is 1. The third-order valence-corrected chi connectivity index (χ3v) is 3.94. The summed E-state index contributed by atoms with van der Waals surface area (Å²) in [4.78, 5) is 23.8. The van der Waals surface area contributed by atoms with Crippen molar-refractivity contribution >= 4 is 11.8 Å². The number of nitriles is 1. The Bertz CT molecular complexity index is 1100.